The van der Waals surface area contributed by atoms with Gasteiger partial charge in [0.1, 0.15) is 0 Å². The second kappa shape index (κ2) is 5.06. The molecule has 2 N–H and O–H groups in total. The number of nitrogens with zero attached hydrogens (tertiary/aromatic N) is 1. The number of piperidine rings is 1. The molecule has 0 spiro atoms. The molecule has 1 aromatic rings. The van der Waals surface area contributed by atoms with E-state index in [0.717, 1.165) is 43.5 Å². The van der Waals surface area contributed by atoms with Gasteiger partial charge in [0.25, 0.3) is 0 Å². The summed E-state index contributed by atoms with van der Waals surface area (Å²) in [7, 11) is 0. The van der Waals surface area contributed by atoms with E-state index in [1.54, 1.807) is 0 Å². The Bertz CT molecular complexity index is 414. The first-order valence-electron chi connectivity index (χ1n) is 6.71. The lowest BCUT2D eigenvalue weighted by atomic mass is 9.93. The smallest absolute Gasteiger partial charge is 0.231 e. The zero-order valence-electron chi connectivity index (χ0n) is 10.6. The number of fused-ring (bicyclic) bond motifs is 1. The number of benzene rings is 1. The Labute approximate surface area is 108 Å². The van der Waals surface area contributed by atoms with Crippen LogP contribution in [0.5, 0.6) is 11.5 Å². The van der Waals surface area contributed by atoms with Crippen LogP contribution in [-0.2, 0) is 0 Å². The van der Waals surface area contributed by atoms with Gasteiger partial charge in [-0.1, -0.05) is 0 Å². The molecule has 0 atom stereocenters. The van der Waals surface area contributed by atoms with Crippen LogP contribution in [-0.4, -0.2) is 26.4 Å². The van der Waals surface area contributed by atoms with E-state index in [1.165, 1.54) is 18.5 Å². The maximum Gasteiger partial charge on any atom is 0.231 e. The topological polar surface area (TPSA) is 47.7 Å². The molecular weight excluding hydrogens is 228 g/mol. The minimum atomic E-state index is 0.345. The molecule has 4 heteroatoms. The van der Waals surface area contributed by atoms with E-state index < -0.39 is 0 Å². The van der Waals surface area contributed by atoms with Gasteiger partial charge in [0.15, 0.2) is 11.5 Å². The quantitative estimate of drug-likeness (QED) is 0.888. The Morgan fingerprint density at radius 3 is 2.72 bits per heavy atom. The summed E-state index contributed by atoms with van der Waals surface area (Å²) in [5.41, 5.74) is 6.86. The third-order valence-electron chi connectivity index (χ3n) is 3.91. The second-order valence-corrected chi connectivity index (χ2v) is 5.05. The Morgan fingerprint density at radius 1 is 1.17 bits per heavy atom. The van der Waals surface area contributed by atoms with Crippen molar-refractivity contribution in [1.29, 1.82) is 0 Å². The highest BCUT2D eigenvalue weighted by molar-refractivity contribution is 5.57. The number of ether oxygens (including phenoxy) is 2. The number of anilines is 1. The van der Waals surface area contributed by atoms with Crippen molar-refractivity contribution in [3.05, 3.63) is 18.2 Å². The van der Waals surface area contributed by atoms with Gasteiger partial charge in [-0.3, -0.25) is 0 Å². The SMILES string of the molecule is NCCC1CCN(c2ccc3c(c2)OCO3)CC1. The van der Waals surface area contributed by atoms with Gasteiger partial charge in [0, 0.05) is 24.8 Å². The van der Waals surface area contributed by atoms with Crippen LogP contribution in [0.15, 0.2) is 18.2 Å². The van der Waals surface area contributed by atoms with Crippen LogP contribution in [0.25, 0.3) is 0 Å². The zero-order valence-corrected chi connectivity index (χ0v) is 10.6. The van der Waals surface area contributed by atoms with Crippen LogP contribution in [0, 0.1) is 5.92 Å². The molecule has 2 aliphatic heterocycles. The predicted octanol–water partition coefficient (Wildman–Crippen LogP) is 1.98. The van der Waals surface area contributed by atoms with E-state index >= 15 is 0 Å². The van der Waals surface area contributed by atoms with Crippen molar-refractivity contribution in [1.82, 2.24) is 0 Å². The van der Waals surface area contributed by atoms with E-state index in [0.29, 0.717) is 6.79 Å². The Hall–Kier alpha value is -1.42. The van der Waals surface area contributed by atoms with Gasteiger partial charge in [0.2, 0.25) is 6.79 Å². The summed E-state index contributed by atoms with van der Waals surface area (Å²) < 4.78 is 10.8. The first kappa shape index (κ1) is 11.7. The summed E-state index contributed by atoms with van der Waals surface area (Å²) >= 11 is 0. The minimum absolute atomic E-state index is 0.345. The van der Waals surface area contributed by atoms with E-state index in [4.69, 9.17) is 15.2 Å². The largest absolute Gasteiger partial charge is 0.454 e. The van der Waals surface area contributed by atoms with Crippen molar-refractivity contribution in [2.24, 2.45) is 11.7 Å². The number of hydrogen-bond donors (Lipinski definition) is 1. The van der Waals surface area contributed by atoms with Crippen molar-refractivity contribution in [3.63, 3.8) is 0 Å². The molecule has 0 aromatic heterocycles. The van der Waals surface area contributed by atoms with Crippen LogP contribution >= 0.6 is 0 Å². The fourth-order valence-corrected chi connectivity index (χ4v) is 2.80. The van der Waals surface area contributed by atoms with Crippen molar-refractivity contribution in [2.75, 3.05) is 31.3 Å². The van der Waals surface area contributed by atoms with Crippen LogP contribution in [0.3, 0.4) is 0 Å². The molecule has 1 fully saturated rings. The number of rotatable bonds is 3. The molecule has 98 valence electrons. The molecule has 0 amide bonds. The first-order chi connectivity index (χ1) is 8.86. The van der Waals surface area contributed by atoms with E-state index in [-0.39, 0.29) is 0 Å². The third-order valence-corrected chi connectivity index (χ3v) is 3.91. The lowest BCUT2D eigenvalue weighted by Crippen LogP contribution is -2.34. The molecule has 1 aromatic carbocycles. The Balaban J connectivity index is 1.66. The van der Waals surface area contributed by atoms with Crippen molar-refractivity contribution >= 4 is 5.69 Å². The van der Waals surface area contributed by atoms with Crippen molar-refractivity contribution in [3.8, 4) is 11.5 Å². The molecule has 0 saturated carbocycles. The van der Waals surface area contributed by atoms with Crippen molar-refractivity contribution < 1.29 is 9.47 Å². The molecular formula is C14H20N2O2. The number of hydrogen-bond acceptors (Lipinski definition) is 4. The van der Waals surface area contributed by atoms with Gasteiger partial charge < -0.3 is 20.1 Å². The van der Waals surface area contributed by atoms with Gasteiger partial charge in [-0.15, -0.1) is 0 Å². The van der Waals surface area contributed by atoms with Crippen molar-refractivity contribution in [2.45, 2.75) is 19.3 Å². The molecule has 3 rings (SSSR count). The molecule has 1 saturated heterocycles. The fourth-order valence-electron chi connectivity index (χ4n) is 2.80. The van der Waals surface area contributed by atoms with Gasteiger partial charge >= 0.3 is 0 Å². The normalized spacial score (nSPS) is 19.3. The molecule has 0 aliphatic carbocycles. The molecule has 0 bridgehead atoms. The van der Waals surface area contributed by atoms with Gasteiger partial charge in [-0.2, -0.15) is 0 Å². The monoisotopic (exact) mass is 248 g/mol. The zero-order chi connectivity index (χ0) is 12.4. The molecule has 2 aliphatic rings. The summed E-state index contributed by atoms with van der Waals surface area (Å²) in [4.78, 5) is 2.43. The summed E-state index contributed by atoms with van der Waals surface area (Å²) in [5.74, 6) is 2.54. The molecule has 2 heterocycles. The lowest BCUT2D eigenvalue weighted by Gasteiger charge is -2.33. The Kier molecular flexibility index (Phi) is 3.28. The number of nitrogens with two attached hydrogens (primary N) is 1. The standard InChI is InChI=1S/C14H20N2O2/c15-6-3-11-4-7-16(8-5-11)12-1-2-13-14(9-12)18-10-17-13/h1-2,9,11H,3-8,10,15H2. The second-order valence-electron chi connectivity index (χ2n) is 5.05. The molecule has 18 heavy (non-hydrogen) atoms. The molecule has 0 radical (unpaired) electrons. The molecule has 4 nitrogen and oxygen atoms in total. The summed E-state index contributed by atoms with van der Waals surface area (Å²) in [6, 6.07) is 6.21. The van der Waals surface area contributed by atoms with Crippen LogP contribution in [0.1, 0.15) is 19.3 Å². The highest BCUT2D eigenvalue weighted by Crippen LogP contribution is 2.36. The van der Waals surface area contributed by atoms with E-state index in [2.05, 4.69) is 17.0 Å². The Morgan fingerprint density at radius 2 is 1.94 bits per heavy atom. The van der Waals surface area contributed by atoms with Crippen LogP contribution in [0.2, 0.25) is 0 Å². The third kappa shape index (κ3) is 2.25. The fraction of sp³-hybridized carbons (Fsp3) is 0.571. The van der Waals surface area contributed by atoms with E-state index in [1.807, 2.05) is 6.07 Å². The highest BCUT2D eigenvalue weighted by Gasteiger charge is 2.21. The highest BCUT2D eigenvalue weighted by atomic mass is 16.7. The average molecular weight is 248 g/mol. The summed E-state index contributed by atoms with van der Waals surface area (Å²) in [6.07, 6.45) is 3.65. The summed E-state index contributed by atoms with van der Waals surface area (Å²) in [5, 5.41) is 0. The van der Waals surface area contributed by atoms with Crippen LogP contribution in [0.4, 0.5) is 5.69 Å². The average Bonchev–Trinajstić information content (AvgIpc) is 2.87. The maximum atomic E-state index is 5.62. The maximum absolute atomic E-state index is 5.62. The van der Waals surface area contributed by atoms with Gasteiger partial charge in [0.05, 0.1) is 0 Å². The summed E-state index contributed by atoms with van der Waals surface area (Å²) in [6.45, 7) is 3.39. The predicted molar refractivity (Wildman–Crippen MR) is 71.2 cm³/mol. The minimum Gasteiger partial charge on any atom is -0.454 e. The van der Waals surface area contributed by atoms with Gasteiger partial charge in [-0.25, -0.2) is 0 Å². The molecule has 0 unspecified atom stereocenters. The van der Waals surface area contributed by atoms with E-state index in [9.17, 15) is 0 Å². The van der Waals surface area contributed by atoms with Gasteiger partial charge in [-0.05, 0) is 43.9 Å². The van der Waals surface area contributed by atoms with Crippen LogP contribution < -0.4 is 20.1 Å². The lowest BCUT2D eigenvalue weighted by molar-refractivity contribution is 0.174. The first-order valence-corrected chi connectivity index (χ1v) is 6.71.